The molecule has 1 aromatic heterocycles. The van der Waals surface area contributed by atoms with E-state index in [4.69, 9.17) is 0 Å². The van der Waals surface area contributed by atoms with Crippen LogP contribution in [0.5, 0.6) is 0 Å². The highest BCUT2D eigenvalue weighted by Gasteiger charge is 2.18. The summed E-state index contributed by atoms with van der Waals surface area (Å²) >= 11 is 0. The van der Waals surface area contributed by atoms with Gasteiger partial charge in [-0.2, -0.15) is 0 Å². The number of nitrogens with zero attached hydrogens (tertiary/aromatic N) is 4. The molecule has 1 N–H and O–H groups in total. The van der Waals surface area contributed by atoms with E-state index in [0.29, 0.717) is 17.4 Å². The van der Waals surface area contributed by atoms with Crippen molar-refractivity contribution < 1.29 is 4.79 Å². The molecule has 4 aromatic rings. The number of hydrogen-bond donors (Lipinski definition) is 1. The van der Waals surface area contributed by atoms with Gasteiger partial charge < -0.3 is 10.2 Å². The summed E-state index contributed by atoms with van der Waals surface area (Å²) in [6.07, 6.45) is 1.09. The van der Waals surface area contributed by atoms with Crippen LogP contribution in [0.1, 0.15) is 16.7 Å². The minimum atomic E-state index is -0.321. The number of fused-ring (bicyclic) bond motifs is 2. The van der Waals surface area contributed by atoms with Crippen molar-refractivity contribution in [3.63, 3.8) is 0 Å². The standard InChI is InChI=1S/C25H23N5O2/c31-24(17-30-25(32)21-6-2-3-7-22(21)27-28-30)26-15-18-9-11-19(12-10-18)16-29-14-13-20-5-1-4-8-23(20)29/h1-12H,13-17H2,(H,26,31). The van der Waals surface area contributed by atoms with Gasteiger partial charge in [0.05, 0.1) is 5.39 Å². The van der Waals surface area contributed by atoms with Crippen LogP contribution in [-0.2, 0) is 30.8 Å². The predicted octanol–water partition coefficient (Wildman–Crippen LogP) is 2.67. The largest absolute Gasteiger partial charge is 0.367 e. The second-order valence-corrected chi connectivity index (χ2v) is 7.96. The second-order valence-electron chi connectivity index (χ2n) is 7.96. The van der Waals surface area contributed by atoms with Crippen LogP contribution in [0.3, 0.4) is 0 Å². The Bertz CT molecular complexity index is 1330. The summed E-state index contributed by atoms with van der Waals surface area (Å²) in [5.74, 6) is -0.283. The minimum absolute atomic E-state index is 0.164. The van der Waals surface area contributed by atoms with Crippen molar-refractivity contribution in [3.05, 3.63) is 99.8 Å². The lowest BCUT2D eigenvalue weighted by atomic mass is 10.1. The molecule has 0 unspecified atom stereocenters. The van der Waals surface area contributed by atoms with Gasteiger partial charge in [-0.1, -0.05) is 59.8 Å². The monoisotopic (exact) mass is 425 g/mol. The van der Waals surface area contributed by atoms with Gasteiger partial charge in [0.25, 0.3) is 5.56 Å². The van der Waals surface area contributed by atoms with Crippen LogP contribution in [0, 0.1) is 0 Å². The molecule has 2 heterocycles. The Kier molecular flexibility index (Phi) is 5.37. The molecule has 1 aliphatic heterocycles. The number of carbonyl (C=O) groups excluding carboxylic acids is 1. The highest BCUT2D eigenvalue weighted by Crippen LogP contribution is 2.28. The average Bonchev–Trinajstić information content (AvgIpc) is 3.23. The zero-order valence-corrected chi connectivity index (χ0v) is 17.6. The minimum Gasteiger partial charge on any atom is -0.367 e. The van der Waals surface area contributed by atoms with Crippen molar-refractivity contribution in [1.29, 1.82) is 0 Å². The van der Waals surface area contributed by atoms with Gasteiger partial charge in [0.2, 0.25) is 5.91 Å². The third kappa shape index (κ3) is 4.09. The van der Waals surface area contributed by atoms with Gasteiger partial charge >= 0.3 is 0 Å². The average molecular weight is 425 g/mol. The summed E-state index contributed by atoms with van der Waals surface area (Å²) < 4.78 is 1.09. The highest BCUT2D eigenvalue weighted by atomic mass is 16.2. The van der Waals surface area contributed by atoms with Crippen LogP contribution >= 0.6 is 0 Å². The van der Waals surface area contributed by atoms with E-state index in [2.05, 4.69) is 56.9 Å². The molecule has 160 valence electrons. The molecule has 0 bridgehead atoms. The maximum Gasteiger partial charge on any atom is 0.278 e. The molecule has 1 aliphatic rings. The third-order valence-electron chi connectivity index (χ3n) is 5.79. The maximum absolute atomic E-state index is 12.5. The normalized spacial score (nSPS) is 12.7. The molecule has 0 saturated carbocycles. The van der Waals surface area contributed by atoms with Crippen molar-refractivity contribution in [2.75, 3.05) is 11.4 Å². The lowest BCUT2D eigenvalue weighted by molar-refractivity contribution is -0.122. The van der Waals surface area contributed by atoms with E-state index in [1.165, 1.54) is 16.8 Å². The van der Waals surface area contributed by atoms with Crippen LogP contribution in [0.4, 0.5) is 5.69 Å². The molecule has 7 nitrogen and oxygen atoms in total. The SMILES string of the molecule is O=C(Cn1nnc2ccccc2c1=O)NCc1ccc(CN2CCc3ccccc32)cc1. The van der Waals surface area contributed by atoms with Gasteiger partial charge in [-0.15, -0.1) is 5.10 Å². The fourth-order valence-corrected chi connectivity index (χ4v) is 4.07. The highest BCUT2D eigenvalue weighted by molar-refractivity contribution is 5.78. The first-order valence-corrected chi connectivity index (χ1v) is 10.7. The fraction of sp³-hybridized carbons (Fsp3) is 0.200. The molecule has 3 aromatic carbocycles. The lowest BCUT2D eigenvalue weighted by Gasteiger charge is -2.19. The van der Waals surface area contributed by atoms with Crippen LogP contribution in [-0.4, -0.2) is 27.4 Å². The van der Waals surface area contributed by atoms with E-state index in [1.807, 2.05) is 12.1 Å². The van der Waals surface area contributed by atoms with Crippen LogP contribution in [0.2, 0.25) is 0 Å². The molecular formula is C25H23N5O2. The summed E-state index contributed by atoms with van der Waals surface area (Å²) in [5, 5.41) is 11.2. The Morgan fingerprint density at radius 3 is 2.56 bits per heavy atom. The molecule has 0 fully saturated rings. The number of nitrogens with one attached hydrogen (secondary N) is 1. The first-order chi connectivity index (χ1) is 15.7. The Labute approximate surface area is 185 Å². The molecule has 0 aliphatic carbocycles. The van der Waals surface area contributed by atoms with Crippen LogP contribution in [0.15, 0.2) is 77.6 Å². The fourth-order valence-electron chi connectivity index (χ4n) is 4.07. The molecular weight excluding hydrogens is 402 g/mol. The Balaban J connectivity index is 1.17. The summed E-state index contributed by atoms with van der Waals surface area (Å²) in [4.78, 5) is 27.2. The van der Waals surface area contributed by atoms with E-state index < -0.39 is 0 Å². The molecule has 7 heteroatoms. The number of aromatic nitrogens is 3. The number of benzene rings is 3. The van der Waals surface area contributed by atoms with Crippen molar-refractivity contribution in [2.24, 2.45) is 0 Å². The van der Waals surface area contributed by atoms with Gasteiger partial charge in [-0.25, -0.2) is 4.68 Å². The molecule has 32 heavy (non-hydrogen) atoms. The number of anilines is 1. The topological polar surface area (TPSA) is 80.1 Å². The molecule has 0 spiro atoms. The summed E-state index contributed by atoms with van der Waals surface area (Å²) in [6, 6.07) is 23.8. The zero-order chi connectivity index (χ0) is 21.9. The summed E-state index contributed by atoms with van der Waals surface area (Å²) in [6.45, 7) is 2.13. The second kappa shape index (κ2) is 8.63. The smallest absolute Gasteiger partial charge is 0.278 e. The lowest BCUT2D eigenvalue weighted by Crippen LogP contribution is -2.34. The number of carbonyl (C=O) groups is 1. The third-order valence-corrected chi connectivity index (χ3v) is 5.79. The number of hydrogen-bond acceptors (Lipinski definition) is 5. The van der Waals surface area contributed by atoms with E-state index in [1.54, 1.807) is 24.3 Å². The molecule has 0 saturated heterocycles. The van der Waals surface area contributed by atoms with Crippen molar-refractivity contribution >= 4 is 22.5 Å². The van der Waals surface area contributed by atoms with E-state index in [9.17, 15) is 9.59 Å². The van der Waals surface area contributed by atoms with Gasteiger partial charge in [0, 0.05) is 25.3 Å². The van der Waals surface area contributed by atoms with Crippen LogP contribution < -0.4 is 15.8 Å². The van der Waals surface area contributed by atoms with Crippen molar-refractivity contribution in [1.82, 2.24) is 20.3 Å². The van der Waals surface area contributed by atoms with Gasteiger partial charge in [-0.05, 0) is 41.3 Å². The maximum atomic E-state index is 12.5. The Hall–Kier alpha value is -4.00. The molecule has 0 radical (unpaired) electrons. The number of para-hydroxylation sites is 1. The number of amides is 1. The van der Waals surface area contributed by atoms with Gasteiger partial charge in [0.15, 0.2) is 0 Å². The predicted molar refractivity (Wildman–Crippen MR) is 123 cm³/mol. The van der Waals surface area contributed by atoms with Gasteiger partial charge in [-0.3, -0.25) is 9.59 Å². The van der Waals surface area contributed by atoms with Gasteiger partial charge in [0.1, 0.15) is 12.1 Å². The Morgan fingerprint density at radius 2 is 1.69 bits per heavy atom. The Morgan fingerprint density at radius 1 is 0.938 bits per heavy atom. The summed E-state index contributed by atoms with van der Waals surface area (Å²) in [5.41, 5.74) is 5.15. The van der Waals surface area contributed by atoms with E-state index in [0.717, 1.165) is 29.8 Å². The summed E-state index contributed by atoms with van der Waals surface area (Å²) in [7, 11) is 0. The molecule has 5 rings (SSSR count). The van der Waals surface area contributed by atoms with Crippen LogP contribution in [0.25, 0.3) is 10.9 Å². The van der Waals surface area contributed by atoms with Crippen molar-refractivity contribution in [3.8, 4) is 0 Å². The quantitative estimate of drug-likeness (QED) is 0.514. The zero-order valence-electron chi connectivity index (χ0n) is 17.6. The van der Waals surface area contributed by atoms with Crippen molar-refractivity contribution in [2.45, 2.75) is 26.1 Å². The molecule has 0 atom stereocenters. The number of rotatable bonds is 6. The molecule has 1 amide bonds. The first kappa shape index (κ1) is 19.9. The first-order valence-electron chi connectivity index (χ1n) is 10.7. The van der Waals surface area contributed by atoms with E-state index in [-0.39, 0.29) is 18.0 Å². The van der Waals surface area contributed by atoms with E-state index >= 15 is 0 Å².